The molecule has 1 N–H and O–H groups in total. The van der Waals surface area contributed by atoms with Gasteiger partial charge in [0.25, 0.3) is 5.91 Å². The molecule has 0 bridgehead atoms. The van der Waals surface area contributed by atoms with Crippen molar-refractivity contribution < 1.29 is 14.3 Å². The average Bonchev–Trinajstić information content (AvgIpc) is 3.07. The molecule has 2 rings (SSSR count). The lowest BCUT2D eigenvalue weighted by Gasteiger charge is -2.11. The molecule has 0 fully saturated rings. The summed E-state index contributed by atoms with van der Waals surface area (Å²) >= 11 is 0. The van der Waals surface area contributed by atoms with Crippen LogP contribution in [-0.4, -0.2) is 39.3 Å². The van der Waals surface area contributed by atoms with Gasteiger partial charge in [-0.1, -0.05) is 6.92 Å². The molecule has 22 heavy (non-hydrogen) atoms. The summed E-state index contributed by atoms with van der Waals surface area (Å²) in [6.45, 7) is 3.57. The lowest BCUT2D eigenvalue weighted by atomic mass is 10.2. The van der Waals surface area contributed by atoms with Crippen molar-refractivity contribution in [3.05, 3.63) is 42.5 Å². The van der Waals surface area contributed by atoms with Gasteiger partial charge in [0.05, 0.1) is 11.3 Å². The highest BCUT2D eigenvalue weighted by atomic mass is 16.5. The smallest absolute Gasteiger partial charge is 0.338 e. The van der Waals surface area contributed by atoms with Crippen molar-refractivity contribution in [2.75, 3.05) is 6.61 Å². The highest BCUT2D eigenvalue weighted by Gasteiger charge is 2.11. The molecule has 0 aliphatic heterocycles. The Bertz CT molecular complexity index is 623. The molecule has 0 saturated carbocycles. The molecule has 0 radical (unpaired) electrons. The third kappa shape index (κ3) is 4.15. The summed E-state index contributed by atoms with van der Waals surface area (Å²) in [6, 6.07) is 6.75. The van der Waals surface area contributed by atoms with E-state index in [0.29, 0.717) is 5.56 Å². The van der Waals surface area contributed by atoms with Crippen LogP contribution in [0.1, 0.15) is 30.6 Å². The number of ether oxygens (including phenoxy) is 1. The molecule has 2 aromatic rings. The first-order valence-electron chi connectivity index (χ1n) is 7.01. The third-order valence-corrected chi connectivity index (χ3v) is 3.14. The molecule has 0 aliphatic rings. The fourth-order valence-corrected chi connectivity index (χ4v) is 1.72. The molecular formula is C15H18N4O3. The number of nitrogens with one attached hydrogen (secondary N) is 1. The van der Waals surface area contributed by atoms with Crippen LogP contribution >= 0.6 is 0 Å². The summed E-state index contributed by atoms with van der Waals surface area (Å²) in [4.78, 5) is 27.3. The number of aromatic nitrogens is 3. The minimum atomic E-state index is -0.538. The minimum Gasteiger partial charge on any atom is -0.452 e. The second kappa shape index (κ2) is 7.35. The van der Waals surface area contributed by atoms with Gasteiger partial charge < -0.3 is 10.1 Å². The lowest BCUT2D eigenvalue weighted by Crippen LogP contribution is -2.35. The number of nitrogens with zero attached hydrogens (tertiary/aromatic N) is 3. The Labute approximate surface area is 128 Å². The Morgan fingerprint density at radius 1 is 1.32 bits per heavy atom. The predicted octanol–water partition coefficient (Wildman–Crippen LogP) is 1.34. The van der Waals surface area contributed by atoms with E-state index in [1.807, 2.05) is 13.8 Å². The fourth-order valence-electron chi connectivity index (χ4n) is 1.72. The Hall–Kier alpha value is -2.70. The molecule has 0 saturated heterocycles. The quantitative estimate of drug-likeness (QED) is 0.814. The molecule has 0 aliphatic carbocycles. The van der Waals surface area contributed by atoms with E-state index in [4.69, 9.17) is 4.74 Å². The molecule has 1 aromatic carbocycles. The number of esters is 1. The van der Waals surface area contributed by atoms with Crippen LogP contribution in [-0.2, 0) is 9.53 Å². The van der Waals surface area contributed by atoms with E-state index in [9.17, 15) is 9.59 Å². The molecule has 1 amide bonds. The summed E-state index contributed by atoms with van der Waals surface area (Å²) in [5.41, 5.74) is 1.16. The number of hydrogen-bond acceptors (Lipinski definition) is 5. The van der Waals surface area contributed by atoms with Crippen molar-refractivity contribution in [2.24, 2.45) is 0 Å². The lowest BCUT2D eigenvalue weighted by molar-refractivity contribution is -0.124. The van der Waals surface area contributed by atoms with Gasteiger partial charge in [0, 0.05) is 6.04 Å². The Morgan fingerprint density at radius 2 is 2.05 bits per heavy atom. The molecular weight excluding hydrogens is 284 g/mol. The van der Waals surface area contributed by atoms with Crippen molar-refractivity contribution in [3.8, 4) is 5.69 Å². The maximum Gasteiger partial charge on any atom is 0.338 e. The Kier molecular flexibility index (Phi) is 5.24. The van der Waals surface area contributed by atoms with Gasteiger partial charge in [0.1, 0.15) is 12.7 Å². The van der Waals surface area contributed by atoms with Crippen molar-refractivity contribution in [2.45, 2.75) is 26.3 Å². The summed E-state index contributed by atoms with van der Waals surface area (Å²) < 4.78 is 6.56. The maximum absolute atomic E-state index is 11.9. The number of hydrogen-bond donors (Lipinski definition) is 1. The number of amides is 1. The first-order chi connectivity index (χ1) is 10.6. The molecule has 1 heterocycles. The summed E-state index contributed by atoms with van der Waals surface area (Å²) in [6.07, 6.45) is 3.81. The zero-order valence-electron chi connectivity index (χ0n) is 12.5. The molecule has 116 valence electrons. The molecule has 0 spiro atoms. The van der Waals surface area contributed by atoms with E-state index in [-0.39, 0.29) is 18.6 Å². The van der Waals surface area contributed by atoms with Crippen molar-refractivity contribution >= 4 is 11.9 Å². The fraction of sp³-hybridized carbons (Fsp3) is 0.333. The van der Waals surface area contributed by atoms with E-state index in [1.165, 1.54) is 6.33 Å². The van der Waals surface area contributed by atoms with Gasteiger partial charge in [-0.15, -0.1) is 0 Å². The second-order valence-electron chi connectivity index (χ2n) is 4.84. The van der Waals surface area contributed by atoms with Crippen LogP contribution in [0.15, 0.2) is 36.9 Å². The Balaban J connectivity index is 1.89. The highest BCUT2D eigenvalue weighted by Crippen LogP contribution is 2.09. The summed E-state index contributed by atoms with van der Waals surface area (Å²) in [5, 5.41) is 6.72. The predicted molar refractivity (Wildman–Crippen MR) is 79.5 cm³/mol. The van der Waals surface area contributed by atoms with E-state index in [0.717, 1.165) is 12.1 Å². The average molecular weight is 302 g/mol. The zero-order chi connectivity index (χ0) is 15.9. The van der Waals surface area contributed by atoms with Gasteiger partial charge in [0.15, 0.2) is 6.61 Å². The van der Waals surface area contributed by atoms with Crippen molar-refractivity contribution in [3.63, 3.8) is 0 Å². The minimum absolute atomic E-state index is 0.0631. The number of carbonyl (C=O) groups is 2. The largest absolute Gasteiger partial charge is 0.452 e. The highest BCUT2D eigenvalue weighted by molar-refractivity contribution is 5.91. The first kappa shape index (κ1) is 15.7. The van der Waals surface area contributed by atoms with Crippen LogP contribution in [0.25, 0.3) is 5.69 Å². The van der Waals surface area contributed by atoms with Crippen molar-refractivity contribution in [1.82, 2.24) is 20.1 Å². The molecule has 1 atom stereocenters. The van der Waals surface area contributed by atoms with Crippen LogP contribution in [0, 0.1) is 0 Å². The maximum atomic E-state index is 11.9. The van der Waals surface area contributed by atoms with Crippen LogP contribution in [0.4, 0.5) is 0 Å². The first-order valence-corrected chi connectivity index (χ1v) is 7.01. The Morgan fingerprint density at radius 3 is 2.64 bits per heavy atom. The molecule has 7 nitrogen and oxygen atoms in total. The van der Waals surface area contributed by atoms with E-state index in [1.54, 1.807) is 35.3 Å². The monoisotopic (exact) mass is 302 g/mol. The zero-order valence-corrected chi connectivity index (χ0v) is 12.5. The summed E-state index contributed by atoms with van der Waals surface area (Å²) in [5.74, 6) is -0.841. The van der Waals surface area contributed by atoms with Gasteiger partial charge in [-0.25, -0.2) is 14.5 Å². The normalized spacial score (nSPS) is 11.7. The van der Waals surface area contributed by atoms with Gasteiger partial charge >= 0.3 is 5.97 Å². The van der Waals surface area contributed by atoms with E-state index in [2.05, 4.69) is 15.4 Å². The number of benzene rings is 1. The van der Waals surface area contributed by atoms with Crippen LogP contribution in [0.3, 0.4) is 0 Å². The summed E-state index contributed by atoms with van der Waals surface area (Å²) in [7, 11) is 0. The topological polar surface area (TPSA) is 86.1 Å². The second-order valence-corrected chi connectivity index (χ2v) is 4.84. The van der Waals surface area contributed by atoms with Crippen LogP contribution < -0.4 is 5.32 Å². The van der Waals surface area contributed by atoms with Gasteiger partial charge in [-0.05, 0) is 37.6 Å². The number of carbonyl (C=O) groups excluding carboxylic acids is 2. The molecule has 7 heteroatoms. The van der Waals surface area contributed by atoms with E-state index < -0.39 is 5.97 Å². The molecule has 0 unspecified atom stereocenters. The SMILES string of the molecule is CC[C@@H](C)NC(=O)COC(=O)c1ccc(-n2cncn2)cc1. The number of rotatable bonds is 6. The van der Waals surface area contributed by atoms with Crippen LogP contribution in [0.2, 0.25) is 0 Å². The molecule has 1 aromatic heterocycles. The standard InChI is InChI=1S/C15H18N4O3/c1-3-11(2)18-14(20)8-22-15(21)12-4-6-13(7-5-12)19-10-16-9-17-19/h4-7,9-11H,3,8H2,1-2H3,(H,18,20)/t11-/m1/s1. The van der Waals surface area contributed by atoms with E-state index >= 15 is 0 Å². The van der Waals surface area contributed by atoms with Gasteiger partial charge in [0.2, 0.25) is 0 Å². The van der Waals surface area contributed by atoms with Crippen molar-refractivity contribution in [1.29, 1.82) is 0 Å². The third-order valence-electron chi connectivity index (χ3n) is 3.14. The van der Waals surface area contributed by atoms with Crippen LogP contribution in [0.5, 0.6) is 0 Å². The van der Waals surface area contributed by atoms with Gasteiger partial charge in [-0.3, -0.25) is 4.79 Å². The van der Waals surface area contributed by atoms with Gasteiger partial charge in [-0.2, -0.15) is 5.10 Å².